The summed E-state index contributed by atoms with van der Waals surface area (Å²) in [5.74, 6) is 0.268. The van der Waals surface area contributed by atoms with Crippen LogP contribution in [0.3, 0.4) is 0 Å². The number of carbonyl (C=O) groups excluding carboxylic acids is 1. The molecule has 0 radical (unpaired) electrons. The summed E-state index contributed by atoms with van der Waals surface area (Å²) in [5.41, 5.74) is 0.302. The molecule has 1 rings (SSSR count). The molecule has 0 aliphatic rings. The van der Waals surface area contributed by atoms with Gasteiger partial charge in [-0.2, -0.15) is 0 Å². The van der Waals surface area contributed by atoms with E-state index in [-0.39, 0.29) is 5.91 Å². The molecular weight excluding hydrogens is 286 g/mol. The summed E-state index contributed by atoms with van der Waals surface area (Å²) in [6.45, 7) is 10.7. The summed E-state index contributed by atoms with van der Waals surface area (Å²) in [5, 5.41) is 0.363. The lowest BCUT2D eigenvalue weighted by atomic mass is 10.3. The van der Waals surface area contributed by atoms with Crippen LogP contribution in [-0.4, -0.2) is 52.0 Å². The third-order valence-corrected chi connectivity index (χ3v) is 3.58. The molecule has 1 heterocycles. The molecule has 6 heteroatoms. The second-order valence-electron chi connectivity index (χ2n) is 4.37. The fourth-order valence-electron chi connectivity index (χ4n) is 1.93. The van der Waals surface area contributed by atoms with Crippen molar-refractivity contribution in [1.29, 1.82) is 0 Å². The first-order chi connectivity index (χ1) is 10.1. The van der Waals surface area contributed by atoms with Crippen LogP contribution in [-0.2, 0) is 0 Å². The largest absolute Gasteiger partial charge is 0.429 e. The molecule has 116 valence electrons. The predicted octanol–water partition coefficient (Wildman–Crippen LogP) is 2.57. The zero-order valence-corrected chi connectivity index (χ0v) is 13.9. The molecule has 0 spiro atoms. The van der Waals surface area contributed by atoms with E-state index >= 15 is 0 Å². The molecule has 1 amide bonds. The Morgan fingerprint density at radius 3 is 2.24 bits per heavy atom. The SMILES string of the molecule is CCN(CC)C(=O)c1ncccc1OC(=S)N(CC)CC. The van der Waals surface area contributed by atoms with Crippen molar-refractivity contribution in [3.8, 4) is 5.75 Å². The van der Waals surface area contributed by atoms with Crippen LogP contribution in [0.25, 0.3) is 0 Å². The number of pyridine rings is 1. The van der Waals surface area contributed by atoms with E-state index < -0.39 is 0 Å². The lowest BCUT2D eigenvalue weighted by Crippen LogP contribution is -2.35. The smallest absolute Gasteiger partial charge is 0.276 e. The number of carbonyl (C=O) groups is 1. The molecule has 0 aliphatic carbocycles. The van der Waals surface area contributed by atoms with Crippen LogP contribution >= 0.6 is 12.2 Å². The van der Waals surface area contributed by atoms with Gasteiger partial charge in [-0.3, -0.25) is 4.79 Å². The molecule has 0 saturated carbocycles. The van der Waals surface area contributed by atoms with Gasteiger partial charge in [0.25, 0.3) is 11.1 Å². The molecule has 0 aromatic carbocycles. The second kappa shape index (κ2) is 8.56. The second-order valence-corrected chi connectivity index (χ2v) is 4.72. The van der Waals surface area contributed by atoms with E-state index in [4.69, 9.17) is 17.0 Å². The van der Waals surface area contributed by atoms with Crippen molar-refractivity contribution in [2.75, 3.05) is 26.2 Å². The van der Waals surface area contributed by atoms with Crippen LogP contribution in [0.2, 0.25) is 0 Å². The van der Waals surface area contributed by atoms with Crippen LogP contribution in [0.15, 0.2) is 18.3 Å². The lowest BCUT2D eigenvalue weighted by molar-refractivity contribution is 0.0764. The highest BCUT2D eigenvalue weighted by atomic mass is 32.1. The molecule has 0 unspecified atom stereocenters. The van der Waals surface area contributed by atoms with E-state index in [1.165, 1.54) is 0 Å². The van der Waals surface area contributed by atoms with E-state index in [1.807, 2.05) is 32.6 Å². The van der Waals surface area contributed by atoms with Gasteiger partial charge in [-0.25, -0.2) is 4.98 Å². The van der Waals surface area contributed by atoms with Crippen molar-refractivity contribution < 1.29 is 9.53 Å². The van der Waals surface area contributed by atoms with Crippen LogP contribution in [0.4, 0.5) is 0 Å². The summed E-state index contributed by atoms with van der Waals surface area (Å²) in [6.07, 6.45) is 1.59. The summed E-state index contributed by atoms with van der Waals surface area (Å²) in [7, 11) is 0. The zero-order valence-electron chi connectivity index (χ0n) is 13.1. The molecular formula is C15H23N3O2S. The van der Waals surface area contributed by atoms with Gasteiger partial charge < -0.3 is 14.5 Å². The number of thiocarbonyl (C=S) groups is 1. The predicted molar refractivity (Wildman–Crippen MR) is 87.6 cm³/mol. The molecule has 5 nitrogen and oxygen atoms in total. The Balaban J connectivity index is 2.99. The quantitative estimate of drug-likeness (QED) is 0.756. The van der Waals surface area contributed by atoms with Gasteiger partial charge >= 0.3 is 0 Å². The number of rotatable bonds is 6. The Morgan fingerprint density at radius 1 is 1.14 bits per heavy atom. The van der Waals surface area contributed by atoms with E-state index in [0.29, 0.717) is 29.7 Å². The Labute approximate surface area is 131 Å². The van der Waals surface area contributed by atoms with Crippen LogP contribution < -0.4 is 4.74 Å². The Bertz CT molecular complexity index is 486. The highest BCUT2D eigenvalue weighted by molar-refractivity contribution is 7.80. The van der Waals surface area contributed by atoms with Crippen LogP contribution in [0, 0.1) is 0 Å². The highest BCUT2D eigenvalue weighted by Crippen LogP contribution is 2.18. The molecule has 0 fully saturated rings. The molecule has 1 aromatic heterocycles. The maximum absolute atomic E-state index is 12.4. The van der Waals surface area contributed by atoms with Crippen molar-refractivity contribution in [2.24, 2.45) is 0 Å². The van der Waals surface area contributed by atoms with E-state index in [1.54, 1.807) is 23.2 Å². The van der Waals surface area contributed by atoms with Crippen molar-refractivity contribution >= 4 is 23.3 Å². The third-order valence-electron chi connectivity index (χ3n) is 3.24. The van der Waals surface area contributed by atoms with E-state index in [9.17, 15) is 4.79 Å². The molecule has 0 N–H and O–H groups in total. The first kappa shape index (κ1) is 17.4. The van der Waals surface area contributed by atoms with E-state index in [0.717, 1.165) is 13.1 Å². The van der Waals surface area contributed by atoms with Crippen LogP contribution in [0.1, 0.15) is 38.2 Å². The van der Waals surface area contributed by atoms with Crippen molar-refractivity contribution in [2.45, 2.75) is 27.7 Å². The highest BCUT2D eigenvalue weighted by Gasteiger charge is 2.20. The molecule has 0 saturated heterocycles. The first-order valence-electron chi connectivity index (χ1n) is 7.29. The summed E-state index contributed by atoms with van der Waals surface area (Å²) in [4.78, 5) is 20.2. The van der Waals surface area contributed by atoms with Gasteiger partial charge in [-0.1, -0.05) is 0 Å². The Kier molecular flexibility index (Phi) is 7.08. The molecule has 0 aliphatic heterocycles. The minimum Gasteiger partial charge on any atom is -0.429 e. The maximum atomic E-state index is 12.4. The number of ether oxygens (including phenoxy) is 1. The fourth-order valence-corrected chi connectivity index (χ4v) is 2.28. The Hall–Kier alpha value is -1.69. The van der Waals surface area contributed by atoms with Gasteiger partial charge in [0.15, 0.2) is 11.4 Å². The number of hydrogen-bond donors (Lipinski definition) is 0. The van der Waals surface area contributed by atoms with Gasteiger partial charge in [-0.05, 0) is 52.0 Å². The van der Waals surface area contributed by atoms with Gasteiger partial charge in [0.05, 0.1) is 0 Å². The molecule has 0 bridgehead atoms. The average Bonchev–Trinajstić information content (AvgIpc) is 2.50. The summed E-state index contributed by atoms with van der Waals surface area (Å²) < 4.78 is 5.70. The zero-order chi connectivity index (χ0) is 15.8. The first-order valence-corrected chi connectivity index (χ1v) is 7.70. The standard InChI is InChI=1S/C15H23N3O2S/c1-5-17(6-2)14(19)13-12(10-9-11-16-13)20-15(21)18(7-3)8-4/h9-11H,5-8H2,1-4H3. The minimum atomic E-state index is -0.141. The fraction of sp³-hybridized carbons (Fsp3) is 0.533. The maximum Gasteiger partial charge on any atom is 0.276 e. The monoisotopic (exact) mass is 309 g/mol. The van der Waals surface area contributed by atoms with Crippen molar-refractivity contribution in [3.05, 3.63) is 24.0 Å². The average molecular weight is 309 g/mol. The Morgan fingerprint density at radius 2 is 1.71 bits per heavy atom. The summed E-state index contributed by atoms with van der Waals surface area (Å²) >= 11 is 5.28. The van der Waals surface area contributed by atoms with Gasteiger partial charge in [0.1, 0.15) is 0 Å². The minimum absolute atomic E-state index is 0.141. The molecule has 0 atom stereocenters. The lowest BCUT2D eigenvalue weighted by Gasteiger charge is -2.23. The number of aromatic nitrogens is 1. The normalized spacial score (nSPS) is 10.1. The third kappa shape index (κ3) is 4.39. The number of hydrogen-bond acceptors (Lipinski definition) is 4. The van der Waals surface area contributed by atoms with Crippen LogP contribution in [0.5, 0.6) is 5.75 Å². The van der Waals surface area contributed by atoms with Gasteiger partial charge in [-0.15, -0.1) is 0 Å². The molecule has 21 heavy (non-hydrogen) atoms. The van der Waals surface area contributed by atoms with E-state index in [2.05, 4.69) is 4.98 Å². The van der Waals surface area contributed by atoms with Gasteiger partial charge in [0, 0.05) is 32.4 Å². The van der Waals surface area contributed by atoms with Gasteiger partial charge in [0.2, 0.25) is 0 Å². The topological polar surface area (TPSA) is 45.7 Å². The molecule has 1 aromatic rings. The summed E-state index contributed by atoms with van der Waals surface area (Å²) in [6, 6.07) is 3.46. The van der Waals surface area contributed by atoms with Crippen molar-refractivity contribution in [1.82, 2.24) is 14.8 Å². The van der Waals surface area contributed by atoms with Crippen molar-refractivity contribution in [3.63, 3.8) is 0 Å². The number of amides is 1. The number of nitrogens with zero attached hydrogens (tertiary/aromatic N) is 3.